The van der Waals surface area contributed by atoms with Gasteiger partial charge in [-0.25, -0.2) is 0 Å². The summed E-state index contributed by atoms with van der Waals surface area (Å²) in [5.41, 5.74) is 5.07. The number of phenolic OH excluding ortho intramolecular Hbond substituents is 2. The molecule has 0 amide bonds. The van der Waals surface area contributed by atoms with Crippen LogP contribution in [0.3, 0.4) is 0 Å². The van der Waals surface area contributed by atoms with E-state index in [2.05, 4.69) is 29.2 Å². The lowest BCUT2D eigenvalue weighted by atomic mass is 10.0. The Morgan fingerprint density at radius 2 is 0.963 bits per heavy atom. The van der Waals surface area contributed by atoms with Gasteiger partial charge in [0.1, 0.15) is 11.5 Å². The Kier molecular flexibility index (Phi) is 4.50. The summed E-state index contributed by atoms with van der Waals surface area (Å²) in [5.74, 6) is 0.446. The Balaban J connectivity index is 1.92. The molecule has 4 rings (SSSR count). The van der Waals surface area contributed by atoms with E-state index in [9.17, 15) is 10.2 Å². The average Bonchev–Trinajstić information content (AvgIpc) is 2.72. The third kappa shape index (κ3) is 3.48. The molecule has 0 unspecified atom stereocenters. The molecule has 0 bridgehead atoms. The summed E-state index contributed by atoms with van der Waals surface area (Å²) in [7, 11) is 0. The molecule has 0 aliphatic carbocycles. The minimum absolute atomic E-state index is 0.223. The molecule has 0 aliphatic rings. The highest BCUT2D eigenvalue weighted by molar-refractivity contribution is 5.88. The van der Waals surface area contributed by atoms with Crippen molar-refractivity contribution in [2.24, 2.45) is 0 Å². The van der Waals surface area contributed by atoms with E-state index in [4.69, 9.17) is 0 Å². The number of anilines is 3. The lowest BCUT2D eigenvalue weighted by Crippen LogP contribution is -2.10. The van der Waals surface area contributed by atoms with Crippen LogP contribution in [0.4, 0.5) is 17.1 Å². The third-order valence-corrected chi connectivity index (χ3v) is 4.45. The number of hydrogen-bond acceptors (Lipinski definition) is 3. The topological polar surface area (TPSA) is 43.7 Å². The van der Waals surface area contributed by atoms with Crippen LogP contribution in [0.25, 0.3) is 11.1 Å². The Morgan fingerprint density at radius 1 is 0.481 bits per heavy atom. The van der Waals surface area contributed by atoms with Crippen molar-refractivity contribution in [1.82, 2.24) is 0 Å². The molecule has 0 saturated heterocycles. The molecular weight excluding hydrogens is 334 g/mol. The van der Waals surface area contributed by atoms with E-state index in [1.165, 1.54) is 0 Å². The van der Waals surface area contributed by atoms with Crippen LogP contribution in [-0.2, 0) is 0 Å². The lowest BCUT2D eigenvalue weighted by molar-refractivity contribution is 0.475. The van der Waals surface area contributed by atoms with Gasteiger partial charge in [-0.05, 0) is 60.2 Å². The highest BCUT2D eigenvalue weighted by atomic mass is 16.3. The summed E-state index contributed by atoms with van der Waals surface area (Å²) >= 11 is 0. The molecule has 2 N–H and O–H groups in total. The van der Waals surface area contributed by atoms with E-state index in [0.29, 0.717) is 0 Å². The normalized spacial score (nSPS) is 10.5. The van der Waals surface area contributed by atoms with E-state index in [1.807, 2.05) is 54.6 Å². The van der Waals surface area contributed by atoms with Gasteiger partial charge in [-0.2, -0.15) is 0 Å². The van der Waals surface area contributed by atoms with E-state index >= 15 is 0 Å². The fourth-order valence-electron chi connectivity index (χ4n) is 3.16. The maximum Gasteiger partial charge on any atom is 0.115 e. The van der Waals surface area contributed by atoms with Crippen LogP contribution in [-0.4, -0.2) is 10.2 Å². The summed E-state index contributed by atoms with van der Waals surface area (Å²) in [6, 6.07) is 32.6. The van der Waals surface area contributed by atoms with Crippen molar-refractivity contribution in [2.75, 3.05) is 4.90 Å². The van der Waals surface area contributed by atoms with Crippen LogP contribution in [0.15, 0.2) is 103 Å². The maximum absolute atomic E-state index is 9.70. The van der Waals surface area contributed by atoms with Crippen LogP contribution in [0.1, 0.15) is 0 Å². The number of hydrogen-bond donors (Lipinski definition) is 2. The molecule has 132 valence electrons. The van der Waals surface area contributed by atoms with Gasteiger partial charge < -0.3 is 15.1 Å². The summed E-state index contributed by atoms with van der Waals surface area (Å²) in [4.78, 5) is 2.11. The van der Waals surface area contributed by atoms with E-state index < -0.39 is 0 Å². The minimum atomic E-state index is 0.223. The van der Waals surface area contributed by atoms with Crippen LogP contribution in [0.5, 0.6) is 11.5 Å². The smallest absolute Gasteiger partial charge is 0.115 e. The molecule has 3 heteroatoms. The summed E-state index contributed by atoms with van der Waals surface area (Å²) in [5, 5.41) is 19.4. The van der Waals surface area contributed by atoms with Crippen molar-refractivity contribution in [3.8, 4) is 22.6 Å². The molecule has 4 aromatic rings. The fraction of sp³-hybridized carbons (Fsp3) is 0. The second-order valence-electron chi connectivity index (χ2n) is 6.25. The van der Waals surface area contributed by atoms with E-state index in [1.54, 1.807) is 24.3 Å². The van der Waals surface area contributed by atoms with Gasteiger partial charge in [0.05, 0.1) is 5.69 Å². The van der Waals surface area contributed by atoms with Gasteiger partial charge in [-0.15, -0.1) is 0 Å². The molecule has 0 aliphatic heterocycles. The highest BCUT2D eigenvalue weighted by Crippen LogP contribution is 2.41. The largest absolute Gasteiger partial charge is 0.508 e. The molecule has 0 fully saturated rings. The summed E-state index contributed by atoms with van der Waals surface area (Å²) in [6.07, 6.45) is 0. The average molecular weight is 353 g/mol. The zero-order valence-electron chi connectivity index (χ0n) is 14.7. The first-order valence-corrected chi connectivity index (χ1v) is 8.75. The molecule has 4 aromatic carbocycles. The zero-order valence-corrected chi connectivity index (χ0v) is 14.7. The van der Waals surface area contributed by atoms with Gasteiger partial charge in [0.15, 0.2) is 0 Å². The highest BCUT2D eigenvalue weighted by Gasteiger charge is 2.16. The Morgan fingerprint density at radius 3 is 1.52 bits per heavy atom. The number of aromatic hydroxyl groups is 2. The Bertz CT molecular complexity index is 980. The summed E-state index contributed by atoms with van der Waals surface area (Å²) in [6.45, 7) is 0. The Hall–Kier alpha value is -3.72. The molecule has 0 heterocycles. The van der Waals surface area contributed by atoms with Gasteiger partial charge in [0.25, 0.3) is 0 Å². The summed E-state index contributed by atoms with van der Waals surface area (Å²) < 4.78 is 0. The van der Waals surface area contributed by atoms with E-state index in [0.717, 1.165) is 28.2 Å². The van der Waals surface area contributed by atoms with Crippen LogP contribution < -0.4 is 4.90 Å². The second kappa shape index (κ2) is 7.26. The first-order chi connectivity index (χ1) is 13.2. The van der Waals surface area contributed by atoms with Crippen molar-refractivity contribution >= 4 is 17.1 Å². The standard InChI is InChI=1S/C24H19NO2/c26-21-14-10-19(11-15-21)25(20-12-16-22(27)17-13-20)24-9-5-4-8-23(24)18-6-2-1-3-7-18/h1-17,26-27H. The van der Waals surface area contributed by atoms with Crippen molar-refractivity contribution in [3.63, 3.8) is 0 Å². The van der Waals surface area contributed by atoms with Crippen LogP contribution >= 0.6 is 0 Å². The molecular formula is C24H19NO2. The molecule has 3 nitrogen and oxygen atoms in total. The number of phenols is 2. The van der Waals surface area contributed by atoms with Crippen molar-refractivity contribution in [3.05, 3.63) is 103 Å². The first-order valence-electron chi connectivity index (χ1n) is 8.75. The van der Waals surface area contributed by atoms with Crippen molar-refractivity contribution < 1.29 is 10.2 Å². The minimum Gasteiger partial charge on any atom is -0.508 e. The molecule has 0 saturated carbocycles. The van der Waals surface area contributed by atoms with Gasteiger partial charge in [-0.3, -0.25) is 0 Å². The molecule has 0 radical (unpaired) electrons. The lowest BCUT2D eigenvalue weighted by Gasteiger charge is -2.28. The Labute approximate surface area is 158 Å². The predicted octanol–water partition coefficient (Wildman–Crippen LogP) is 6.23. The quantitative estimate of drug-likeness (QED) is 0.457. The number of nitrogens with zero attached hydrogens (tertiary/aromatic N) is 1. The van der Waals surface area contributed by atoms with Crippen LogP contribution in [0.2, 0.25) is 0 Å². The number of benzene rings is 4. The predicted molar refractivity (Wildman–Crippen MR) is 110 cm³/mol. The monoisotopic (exact) mass is 353 g/mol. The fourth-order valence-corrected chi connectivity index (χ4v) is 3.16. The van der Waals surface area contributed by atoms with Crippen LogP contribution in [0, 0.1) is 0 Å². The number of para-hydroxylation sites is 1. The maximum atomic E-state index is 9.70. The SMILES string of the molecule is Oc1ccc(N(c2ccc(O)cc2)c2ccccc2-c2ccccc2)cc1. The van der Waals surface area contributed by atoms with Crippen molar-refractivity contribution in [1.29, 1.82) is 0 Å². The molecule has 0 spiro atoms. The second-order valence-corrected chi connectivity index (χ2v) is 6.25. The number of rotatable bonds is 4. The molecule has 0 atom stereocenters. The third-order valence-electron chi connectivity index (χ3n) is 4.45. The molecule has 27 heavy (non-hydrogen) atoms. The zero-order chi connectivity index (χ0) is 18.6. The molecule has 0 aromatic heterocycles. The van der Waals surface area contributed by atoms with Gasteiger partial charge in [0.2, 0.25) is 0 Å². The van der Waals surface area contributed by atoms with Crippen molar-refractivity contribution in [2.45, 2.75) is 0 Å². The van der Waals surface area contributed by atoms with Gasteiger partial charge >= 0.3 is 0 Å². The van der Waals surface area contributed by atoms with E-state index in [-0.39, 0.29) is 11.5 Å². The van der Waals surface area contributed by atoms with Gasteiger partial charge in [0, 0.05) is 16.9 Å². The first kappa shape index (κ1) is 16.7. The van der Waals surface area contributed by atoms with Gasteiger partial charge in [-0.1, -0.05) is 48.5 Å².